The third-order valence-corrected chi connectivity index (χ3v) is 7.05. The fourth-order valence-electron chi connectivity index (χ4n) is 5.05. The lowest BCUT2D eigenvalue weighted by Crippen LogP contribution is -2.39. The topological polar surface area (TPSA) is 85.1 Å². The quantitative estimate of drug-likeness (QED) is 0.407. The molecule has 2 aromatic heterocycles. The van der Waals surface area contributed by atoms with E-state index in [4.69, 9.17) is 0 Å². The molecule has 0 saturated heterocycles. The largest absolute Gasteiger partial charge is 0.354 e. The maximum atomic E-state index is 13.3. The number of amides is 1. The third-order valence-electron chi connectivity index (χ3n) is 7.05. The van der Waals surface area contributed by atoms with Crippen molar-refractivity contribution in [1.29, 1.82) is 0 Å². The molecule has 0 aliphatic carbocycles. The van der Waals surface area contributed by atoms with Crippen molar-refractivity contribution < 1.29 is 4.79 Å². The molecule has 1 aliphatic heterocycles. The van der Waals surface area contributed by atoms with Gasteiger partial charge in [-0.1, -0.05) is 42.5 Å². The summed E-state index contributed by atoms with van der Waals surface area (Å²) in [5.74, 6) is -0.216. The normalized spacial score (nSPS) is 14.5. The number of aromatic nitrogens is 4. The van der Waals surface area contributed by atoms with Gasteiger partial charge in [0.15, 0.2) is 5.52 Å². The highest BCUT2D eigenvalue weighted by Gasteiger charge is 2.23. The Labute approximate surface area is 210 Å². The van der Waals surface area contributed by atoms with Crippen LogP contribution in [0.3, 0.4) is 0 Å². The van der Waals surface area contributed by atoms with E-state index in [1.807, 2.05) is 44.2 Å². The van der Waals surface area contributed by atoms with Crippen LogP contribution < -0.4 is 10.9 Å². The lowest BCUT2D eigenvalue weighted by molar-refractivity contribution is -0.124. The lowest BCUT2D eigenvalue weighted by atomic mass is 10.00. The van der Waals surface area contributed by atoms with Crippen molar-refractivity contribution in [3.8, 4) is 5.69 Å². The fraction of sp³-hybridized carbons (Fsp3) is 0.357. The first-order valence-corrected chi connectivity index (χ1v) is 12.5. The maximum absolute atomic E-state index is 13.3. The minimum atomic E-state index is -0.732. The molecule has 36 heavy (non-hydrogen) atoms. The van der Waals surface area contributed by atoms with Gasteiger partial charge >= 0.3 is 0 Å². The predicted molar refractivity (Wildman–Crippen MR) is 140 cm³/mol. The van der Waals surface area contributed by atoms with Crippen LogP contribution in [0.15, 0.2) is 59.4 Å². The summed E-state index contributed by atoms with van der Waals surface area (Å²) in [5.41, 5.74) is 5.20. The van der Waals surface area contributed by atoms with Gasteiger partial charge in [-0.2, -0.15) is 10.2 Å². The first-order valence-electron chi connectivity index (χ1n) is 12.5. The van der Waals surface area contributed by atoms with Crippen LogP contribution in [0.1, 0.15) is 41.9 Å². The Balaban J connectivity index is 1.25. The smallest absolute Gasteiger partial charge is 0.295 e. The van der Waals surface area contributed by atoms with Gasteiger partial charge in [0.25, 0.3) is 5.56 Å². The van der Waals surface area contributed by atoms with Gasteiger partial charge in [-0.15, -0.1) is 0 Å². The number of benzene rings is 2. The highest BCUT2D eigenvalue weighted by atomic mass is 16.2. The second-order valence-corrected chi connectivity index (χ2v) is 9.51. The summed E-state index contributed by atoms with van der Waals surface area (Å²) >= 11 is 0. The molecule has 1 N–H and O–H groups in total. The van der Waals surface area contributed by atoms with Crippen molar-refractivity contribution >= 4 is 16.8 Å². The number of carbonyl (C=O) groups is 1. The van der Waals surface area contributed by atoms with Crippen LogP contribution in [0.2, 0.25) is 0 Å². The summed E-state index contributed by atoms with van der Waals surface area (Å²) in [7, 11) is 0. The number of nitrogens with one attached hydrogen (secondary N) is 1. The highest BCUT2D eigenvalue weighted by Crippen LogP contribution is 2.22. The van der Waals surface area contributed by atoms with E-state index in [9.17, 15) is 9.59 Å². The van der Waals surface area contributed by atoms with Crippen molar-refractivity contribution in [2.24, 2.45) is 0 Å². The number of nitrogens with zero attached hydrogens (tertiary/aromatic N) is 5. The van der Waals surface area contributed by atoms with E-state index in [0.717, 1.165) is 49.2 Å². The van der Waals surface area contributed by atoms with Gasteiger partial charge in [-0.3, -0.25) is 14.5 Å². The first-order chi connectivity index (χ1) is 17.4. The van der Waals surface area contributed by atoms with Crippen LogP contribution in [0.5, 0.6) is 0 Å². The summed E-state index contributed by atoms with van der Waals surface area (Å²) in [6, 6.07) is 17.5. The van der Waals surface area contributed by atoms with Crippen LogP contribution >= 0.6 is 0 Å². The van der Waals surface area contributed by atoms with E-state index in [-0.39, 0.29) is 11.5 Å². The molecule has 0 unspecified atom stereocenters. The van der Waals surface area contributed by atoms with Gasteiger partial charge in [-0.25, -0.2) is 9.36 Å². The summed E-state index contributed by atoms with van der Waals surface area (Å²) in [4.78, 5) is 28.6. The summed E-state index contributed by atoms with van der Waals surface area (Å²) in [6.45, 7) is 8.95. The zero-order valence-corrected chi connectivity index (χ0v) is 21.1. The minimum Gasteiger partial charge on any atom is -0.354 e. The predicted octanol–water partition coefficient (Wildman–Crippen LogP) is 3.32. The Morgan fingerprint density at radius 3 is 2.53 bits per heavy atom. The number of aryl methyl sites for hydroxylation is 2. The van der Waals surface area contributed by atoms with Gasteiger partial charge in [0.2, 0.25) is 5.91 Å². The van der Waals surface area contributed by atoms with E-state index in [2.05, 4.69) is 44.7 Å². The molecule has 0 saturated carbocycles. The number of hydrogen-bond donors (Lipinski definition) is 1. The molecule has 1 amide bonds. The van der Waals surface area contributed by atoms with Crippen molar-refractivity contribution in [2.45, 2.75) is 46.2 Å². The van der Waals surface area contributed by atoms with Crippen molar-refractivity contribution in [2.75, 3.05) is 19.6 Å². The van der Waals surface area contributed by atoms with Crippen molar-refractivity contribution in [3.05, 3.63) is 87.5 Å². The molecule has 1 atom stereocenters. The molecule has 0 spiro atoms. The van der Waals surface area contributed by atoms with Crippen molar-refractivity contribution in [1.82, 2.24) is 29.8 Å². The molecule has 4 aromatic rings. The molecule has 186 valence electrons. The maximum Gasteiger partial charge on any atom is 0.295 e. The standard InChI is InChI=1S/C28H32N6O2/c1-19-25-20(2)33(24-12-5-4-6-13-24)31-26(25)28(36)34(30-19)21(3)27(35)29-15-9-16-32-17-14-22-10-7-8-11-23(22)18-32/h4-8,10-13,21H,9,14-18H2,1-3H3,(H,29,35)/t21-/m0/s1. The van der Waals surface area contributed by atoms with Crippen LogP contribution in [-0.4, -0.2) is 50.0 Å². The summed E-state index contributed by atoms with van der Waals surface area (Å²) in [5, 5.41) is 12.8. The minimum absolute atomic E-state index is 0.216. The Kier molecular flexibility index (Phi) is 6.69. The van der Waals surface area contributed by atoms with E-state index in [1.165, 1.54) is 15.8 Å². The first kappa shape index (κ1) is 23.9. The fourth-order valence-corrected chi connectivity index (χ4v) is 5.05. The molecule has 8 nitrogen and oxygen atoms in total. The van der Waals surface area contributed by atoms with Gasteiger partial charge in [0.05, 0.1) is 22.5 Å². The number of fused-ring (bicyclic) bond motifs is 2. The molecule has 0 bridgehead atoms. The Hall–Kier alpha value is -3.78. The molecular formula is C28H32N6O2. The SMILES string of the molecule is Cc1nn([C@@H](C)C(=O)NCCCN2CCc3ccccc3C2)c(=O)c2nn(-c3ccccc3)c(C)c12. The van der Waals surface area contributed by atoms with Crippen LogP contribution in [0.4, 0.5) is 0 Å². The molecule has 0 radical (unpaired) electrons. The average Bonchev–Trinajstić information content (AvgIpc) is 3.26. The van der Waals surface area contributed by atoms with Gasteiger partial charge in [0.1, 0.15) is 6.04 Å². The second-order valence-electron chi connectivity index (χ2n) is 9.51. The monoisotopic (exact) mass is 484 g/mol. The Morgan fingerprint density at radius 2 is 1.75 bits per heavy atom. The Bertz CT molecular complexity index is 1460. The number of para-hydroxylation sites is 1. The molecule has 2 aromatic carbocycles. The number of hydrogen-bond acceptors (Lipinski definition) is 5. The molecule has 3 heterocycles. The average molecular weight is 485 g/mol. The highest BCUT2D eigenvalue weighted by molar-refractivity contribution is 5.84. The van der Waals surface area contributed by atoms with Gasteiger partial charge < -0.3 is 5.32 Å². The van der Waals surface area contributed by atoms with Crippen LogP contribution in [-0.2, 0) is 17.8 Å². The van der Waals surface area contributed by atoms with E-state index in [1.54, 1.807) is 11.6 Å². The zero-order valence-electron chi connectivity index (χ0n) is 21.1. The summed E-state index contributed by atoms with van der Waals surface area (Å²) in [6.07, 6.45) is 1.91. The second kappa shape index (κ2) is 10.1. The molecular weight excluding hydrogens is 452 g/mol. The molecule has 1 aliphatic rings. The molecule has 8 heteroatoms. The number of carbonyl (C=O) groups excluding carboxylic acids is 1. The summed E-state index contributed by atoms with van der Waals surface area (Å²) < 4.78 is 3.02. The van der Waals surface area contributed by atoms with E-state index >= 15 is 0 Å². The third kappa shape index (κ3) is 4.56. The van der Waals surface area contributed by atoms with E-state index < -0.39 is 6.04 Å². The number of rotatable bonds is 7. The van der Waals surface area contributed by atoms with Crippen molar-refractivity contribution in [3.63, 3.8) is 0 Å². The molecule has 5 rings (SSSR count). The lowest BCUT2D eigenvalue weighted by Gasteiger charge is -2.28. The van der Waals surface area contributed by atoms with Crippen LogP contribution in [0, 0.1) is 13.8 Å². The van der Waals surface area contributed by atoms with E-state index in [0.29, 0.717) is 17.8 Å². The Morgan fingerprint density at radius 1 is 1.03 bits per heavy atom. The van der Waals surface area contributed by atoms with Crippen LogP contribution in [0.25, 0.3) is 16.6 Å². The molecule has 0 fully saturated rings. The zero-order chi connectivity index (χ0) is 25.2. The van der Waals surface area contributed by atoms with Gasteiger partial charge in [-0.05, 0) is 56.9 Å². The van der Waals surface area contributed by atoms with Gasteiger partial charge in [0, 0.05) is 26.2 Å².